The average molecular weight is 369 g/mol. The highest BCUT2D eigenvalue weighted by atomic mass is 35.5. The number of pyridine rings is 1. The van der Waals surface area contributed by atoms with Crippen molar-refractivity contribution >= 4 is 28.9 Å². The van der Waals surface area contributed by atoms with Crippen molar-refractivity contribution in [3.63, 3.8) is 0 Å². The molecule has 0 saturated carbocycles. The van der Waals surface area contributed by atoms with Crippen molar-refractivity contribution in [1.29, 1.82) is 0 Å². The first-order valence-electron chi connectivity index (χ1n) is 8.22. The Morgan fingerprint density at radius 2 is 2.04 bits per heavy atom. The zero-order chi connectivity index (χ0) is 18.1. The lowest BCUT2D eigenvalue weighted by Gasteiger charge is -2.17. The van der Waals surface area contributed by atoms with Gasteiger partial charge >= 0.3 is 0 Å². The van der Waals surface area contributed by atoms with Gasteiger partial charge in [0.15, 0.2) is 5.75 Å². The first-order valence-corrected chi connectivity index (χ1v) is 8.59. The molecule has 0 atom stereocenters. The number of nitrogens with one attached hydrogen (secondary N) is 3. The molecule has 0 bridgehead atoms. The predicted octanol–water partition coefficient (Wildman–Crippen LogP) is 3.77. The third kappa shape index (κ3) is 2.78. The summed E-state index contributed by atoms with van der Waals surface area (Å²) in [4.78, 5) is 20.0. The molecule has 1 aliphatic rings. The zero-order valence-corrected chi connectivity index (χ0v) is 14.9. The number of nitrogens with zero attached hydrogens (tertiary/aromatic N) is 1. The van der Waals surface area contributed by atoms with E-state index in [9.17, 15) is 4.79 Å². The third-order valence-electron chi connectivity index (χ3n) is 4.37. The van der Waals surface area contributed by atoms with E-state index in [-0.39, 0.29) is 5.91 Å². The summed E-state index contributed by atoms with van der Waals surface area (Å²) < 4.78 is 5.43. The van der Waals surface area contributed by atoms with Crippen molar-refractivity contribution in [1.82, 2.24) is 15.3 Å². The average Bonchev–Trinajstić information content (AvgIpc) is 3.02. The summed E-state index contributed by atoms with van der Waals surface area (Å²) in [5.41, 5.74) is 4.68. The lowest BCUT2D eigenvalue weighted by molar-refractivity contribution is 0.0947. The Kier molecular flexibility index (Phi) is 4.26. The zero-order valence-electron chi connectivity index (χ0n) is 14.1. The quantitative estimate of drug-likeness (QED) is 0.655. The van der Waals surface area contributed by atoms with Gasteiger partial charge in [0.1, 0.15) is 0 Å². The van der Waals surface area contributed by atoms with Crippen LogP contribution < -0.4 is 15.4 Å². The molecule has 26 heavy (non-hydrogen) atoms. The Morgan fingerprint density at radius 1 is 1.23 bits per heavy atom. The fourth-order valence-corrected chi connectivity index (χ4v) is 3.44. The monoisotopic (exact) mass is 368 g/mol. The van der Waals surface area contributed by atoms with Gasteiger partial charge in [-0.05, 0) is 24.3 Å². The second kappa shape index (κ2) is 6.72. The number of amides is 1. The van der Waals surface area contributed by atoms with Gasteiger partial charge in [-0.15, -0.1) is 0 Å². The van der Waals surface area contributed by atoms with Gasteiger partial charge in [0, 0.05) is 36.6 Å². The van der Waals surface area contributed by atoms with Crippen LogP contribution in [0.2, 0.25) is 5.02 Å². The fraction of sp³-hybridized carbons (Fsp3) is 0.158. The number of ether oxygens (including phenoxy) is 1. The molecule has 0 unspecified atom stereocenters. The third-order valence-corrected chi connectivity index (χ3v) is 4.66. The molecule has 3 N–H and O–H groups in total. The van der Waals surface area contributed by atoms with Crippen LogP contribution in [0.15, 0.2) is 42.7 Å². The number of aromatic amines is 1. The number of anilines is 2. The number of carbonyl (C=O) groups is 1. The molecule has 1 aliphatic heterocycles. The summed E-state index contributed by atoms with van der Waals surface area (Å²) in [5, 5.41) is 6.75. The molecule has 7 heteroatoms. The number of benzene rings is 1. The summed E-state index contributed by atoms with van der Waals surface area (Å²) in [6.07, 6.45) is 4.19. The SMILES string of the molecule is COc1c(Cl)cccc1Nc1c(-c2ccncc2)[nH]c2c1C(=O)NCC2. The summed E-state index contributed by atoms with van der Waals surface area (Å²) in [7, 11) is 1.56. The molecular weight excluding hydrogens is 352 g/mol. The Labute approximate surface area is 155 Å². The lowest BCUT2D eigenvalue weighted by Crippen LogP contribution is -2.31. The second-order valence-corrected chi connectivity index (χ2v) is 6.32. The number of aromatic nitrogens is 2. The van der Waals surface area contributed by atoms with Gasteiger partial charge in [-0.1, -0.05) is 17.7 Å². The molecule has 4 rings (SSSR count). The Hall–Kier alpha value is -2.99. The minimum Gasteiger partial charge on any atom is -0.493 e. The summed E-state index contributed by atoms with van der Waals surface area (Å²) >= 11 is 6.24. The van der Waals surface area contributed by atoms with Crippen LogP contribution in [0.1, 0.15) is 16.1 Å². The number of hydrogen-bond donors (Lipinski definition) is 3. The molecular formula is C19H17ClN4O2. The molecule has 132 valence electrons. The fourth-order valence-electron chi connectivity index (χ4n) is 3.19. The number of hydrogen-bond acceptors (Lipinski definition) is 4. The van der Waals surface area contributed by atoms with Crippen LogP contribution >= 0.6 is 11.6 Å². The van der Waals surface area contributed by atoms with Gasteiger partial charge < -0.3 is 20.4 Å². The van der Waals surface area contributed by atoms with Crippen molar-refractivity contribution < 1.29 is 9.53 Å². The number of rotatable bonds is 4. The first-order chi connectivity index (χ1) is 12.7. The van der Waals surface area contributed by atoms with Crippen molar-refractivity contribution in [3.8, 4) is 17.0 Å². The van der Waals surface area contributed by atoms with Crippen LogP contribution in [0.4, 0.5) is 11.4 Å². The molecule has 0 aliphatic carbocycles. The van der Waals surface area contributed by atoms with E-state index in [1.165, 1.54) is 0 Å². The second-order valence-electron chi connectivity index (χ2n) is 5.92. The molecule has 0 saturated heterocycles. The highest BCUT2D eigenvalue weighted by molar-refractivity contribution is 6.32. The van der Waals surface area contributed by atoms with E-state index in [0.717, 1.165) is 23.4 Å². The Balaban J connectivity index is 1.88. The summed E-state index contributed by atoms with van der Waals surface area (Å²) in [6.45, 7) is 0.613. The minimum atomic E-state index is -0.105. The highest BCUT2D eigenvalue weighted by Gasteiger charge is 2.27. The van der Waals surface area contributed by atoms with Crippen molar-refractivity contribution in [3.05, 3.63) is 59.0 Å². The Morgan fingerprint density at radius 3 is 2.81 bits per heavy atom. The molecule has 1 amide bonds. The lowest BCUT2D eigenvalue weighted by atomic mass is 10.1. The normalized spacial score (nSPS) is 13.1. The Bertz CT molecular complexity index is 969. The molecule has 0 spiro atoms. The predicted molar refractivity (Wildman–Crippen MR) is 101 cm³/mol. The van der Waals surface area contributed by atoms with Crippen LogP contribution in [-0.2, 0) is 6.42 Å². The van der Waals surface area contributed by atoms with Crippen molar-refractivity contribution in [2.24, 2.45) is 0 Å². The standard InChI is InChI=1S/C19H17ClN4O2/c1-26-18-12(20)3-2-4-14(18)24-17-15-13(7-10-22-19(15)25)23-16(17)11-5-8-21-9-6-11/h2-6,8-9,23-24H,7,10H2,1H3,(H,22,25). The summed E-state index contributed by atoms with van der Waals surface area (Å²) in [6, 6.07) is 9.25. The van der Waals surface area contributed by atoms with Gasteiger partial charge in [-0.2, -0.15) is 0 Å². The van der Waals surface area contributed by atoms with Crippen LogP contribution in [0.25, 0.3) is 11.3 Å². The van der Waals surface area contributed by atoms with Gasteiger partial charge in [0.2, 0.25) is 0 Å². The maximum atomic E-state index is 12.5. The van der Waals surface area contributed by atoms with Crippen molar-refractivity contribution in [2.75, 3.05) is 19.0 Å². The molecule has 6 nitrogen and oxygen atoms in total. The molecule has 3 aromatic rings. The number of H-pyrrole nitrogens is 1. The number of para-hydroxylation sites is 1. The summed E-state index contributed by atoms with van der Waals surface area (Å²) in [5.74, 6) is 0.423. The number of halogens is 1. The van der Waals surface area contributed by atoms with Crippen LogP contribution in [0.3, 0.4) is 0 Å². The van der Waals surface area contributed by atoms with E-state index in [1.807, 2.05) is 24.3 Å². The van der Waals surface area contributed by atoms with Crippen LogP contribution in [0, 0.1) is 0 Å². The van der Waals surface area contributed by atoms with E-state index in [1.54, 1.807) is 25.6 Å². The molecule has 1 aromatic carbocycles. The smallest absolute Gasteiger partial charge is 0.255 e. The van der Waals surface area contributed by atoms with E-state index in [4.69, 9.17) is 16.3 Å². The van der Waals surface area contributed by atoms with E-state index in [2.05, 4.69) is 20.6 Å². The topological polar surface area (TPSA) is 79.0 Å². The number of fused-ring (bicyclic) bond motifs is 1. The van der Waals surface area contributed by atoms with Gasteiger partial charge in [0.25, 0.3) is 5.91 Å². The largest absolute Gasteiger partial charge is 0.493 e. The van der Waals surface area contributed by atoms with Crippen molar-refractivity contribution in [2.45, 2.75) is 6.42 Å². The number of carbonyl (C=O) groups excluding carboxylic acids is 1. The van der Waals surface area contributed by atoms with Crippen LogP contribution in [0.5, 0.6) is 5.75 Å². The van der Waals surface area contributed by atoms with E-state index in [0.29, 0.717) is 34.3 Å². The van der Waals surface area contributed by atoms with E-state index < -0.39 is 0 Å². The maximum absolute atomic E-state index is 12.5. The molecule has 0 radical (unpaired) electrons. The van der Waals surface area contributed by atoms with Gasteiger partial charge in [0.05, 0.1) is 34.8 Å². The maximum Gasteiger partial charge on any atom is 0.255 e. The molecule has 2 aromatic heterocycles. The van der Waals surface area contributed by atoms with Crippen LogP contribution in [-0.4, -0.2) is 29.5 Å². The molecule has 3 heterocycles. The minimum absolute atomic E-state index is 0.105. The van der Waals surface area contributed by atoms with Gasteiger partial charge in [-0.3, -0.25) is 9.78 Å². The molecule has 0 fully saturated rings. The van der Waals surface area contributed by atoms with E-state index >= 15 is 0 Å². The number of methoxy groups -OCH3 is 1. The first kappa shape index (κ1) is 16.5. The highest BCUT2D eigenvalue weighted by Crippen LogP contribution is 2.40. The van der Waals surface area contributed by atoms with Gasteiger partial charge in [-0.25, -0.2) is 0 Å².